The first-order valence-electron chi connectivity index (χ1n) is 11.0. The van der Waals surface area contributed by atoms with Crippen LogP contribution in [-0.4, -0.2) is 58.6 Å². The van der Waals surface area contributed by atoms with Crippen LogP contribution in [0.1, 0.15) is 53.4 Å². The lowest BCUT2D eigenvalue weighted by molar-refractivity contribution is -0.321. The maximum absolute atomic E-state index is 12.8. The molecule has 2 rings (SSSR count). The van der Waals surface area contributed by atoms with Crippen molar-refractivity contribution in [1.29, 1.82) is 0 Å². The van der Waals surface area contributed by atoms with E-state index in [-0.39, 0.29) is 56.1 Å². The lowest BCUT2D eigenvalue weighted by Crippen LogP contribution is -2.53. The number of hydrogen-bond acceptors (Lipinski definition) is 8. The number of allylic oxidation sites excluding steroid dienone is 1. The Hall–Kier alpha value is -1.48. The van der Waals surface area contributed by atoms with E-state index in [0.29, 0.717) is 12.8 Å². The summed E-state index contributed by atoms with van der Waals surface area (Å²) in [6.07, 6.45) is 3.46. The van der Waals surface area contributed by atoms with E-state index in [2.05, 4.69) is 6.92 Å². The van der Waals surface area contributed by atoms with Crippen molar-refractivity contribution in [2.75, 3.05) is 34.4 Å². The Balaban J connectivity index is 2.40. The highest BCUT2D eigenvalue weighted by Gasteiger charge is 2.58. The number of rotatable bonds is 11. The highest BCUT2D eigenvalue weighted by Crippen LogP contribution is 2.60. The first-order valence-corrected chi connectivity index (χ1v) is 11.0. The Kier molecular flexibility index (Phi) is 9.06. The fourth-order valence-electron chi connectivity index (χ4n) is 5.66. The van der Waals surface area contributed by atoms with Crippen molar-refractivity contribution in [3.63, 3.8) is 0 Å². The lowest BCUT2D eigenvalue weighted by atomic mass is 9.61. The lowest BCUT2D eigenvalue weighted by Gasteiger charge is -2.48. The Bertz CT molecular complexity index is 662. The molecular formula is C23H37O8-. The maximum atomic E-state index is 12.8. The summed E-state index contributed by atoms with van der Waals surface area (Å²) in [7, 11) is 3.13. The van der Waals surface area contributed by atoms with Crippen LogP contribution in [0.3, 0.4) is 0 Å². The Morgan fingerprint density at radius 1 is 1.19 bits per heavy atom. The highest BCUT2D eigenvalue weighted by atomic mass is 16.7. The van der Waals surface area contributed by atoms with Gasteiger partial charge in [0.25, 0.3) is 0 Å². The van der Waals surface area contributed by atoms with Crippen LogP contribution in [0.4, 0.5) is 0 Å². The van der Waals surface area contributed by atoms with Crippen molar-refractivity contribution in [3.8, 4) is 0 Å². The van der Waals surface area contributed by atoms with Gasteiger partial charge in [-0.15, -0.1) is 0 Å². The van der Waals surface area contributed by atoms with Crippen LogP contribution < -0.4 is 5.11 Å². The van der Waals surface area contributed by atoms with Crippen molar-refractivity contribution in [2.24, 2.45) is 22.7 Å². The summed E-state index contributed by atoms with van der Waals surface area (Å²) in [5, 5.41) is 12.3. The van der Waals surface area contributed by atoms with Gasteiger partial charge < -0.3 is 33.6 Å². The van der Waals surface area contributed by atoms with Crippen molar-refractivity contribution < 1.29 is 38.4 Å². The Morgan fingerprint density at radius 2 is 1.84 bits per heavy atom. The monoisotopic (exact) mass is 441 g/mol. The minimum Gasteiger partial charge on any atom is -0.549 e. The molecule has 0 amide bonds. The summed E-state index contributed by atoms with van der Waals surface area (Å²) >= 11 is 0. The Morgan fingerprint density at radius 3 is 2.39 bits per heavy atom. The third kappa shape index (κ3) is 4.67. The van der Waals surface area contributed by atoms with Gasteiger partial charge in [0, 0.05) is 14.2 Å². The molecule has 0 heterocycles. The van der Waals surface area contributed by atoms with Crippen LogP contribution in [0, 0.1) is 22.7 Å². The first kappa shape index (κ1) is 25.8. The number of aliphatic carboxylic acids is 1. The zero-order valence-electron chi connectivity index (χ0n) is 19.6. The summed E-state index contributed by atoms with van der Waals surface area (Å²) in [6.45, 7) is 7.92. The zero-order chi connectivity index (χ0) is 23.2. The standard InChI is InChI=1S/C23H38O8/c1-7-23(20(24)25,21(26)29-8-2)17-9-10-22(12-17)15(3)11-18(30-13-27-5)19(16(22)4)31-14-28-6/h11,16-19H,7-10,12-14H2,1-6H3,(H,24,25)/p-1. The normalized spacial score (nSPS) is 32.5. The molecule has 178 valence electrons. The van der Waals surface area contributed by atoms with Gasteiger partial charge in [-0.2, -0.15) is 0 Å². The molecular weight excluding hydrogens is 404 g/mol. The molecule has 2 aliphatic rings. The summed E-state index contributed by atoms with van der Waals surface area (Å²) in [4.78, 5) is 25.1. The second-order valence-electron chi connectivity index (χ2n) is 8.64. The molecule has 2 aliphatic carbocycles. The minimum atomic E-state index is -1.65. The molecule has 8 nitrogen and oxygen atoms in total. The van der Waals surface area contributed by atoms with Crippen LogP contribution in [0.2, 0.25) is 0 Å². The van der Waals surface area contributed by atoms with Crippen molar-refractivity contribution in [1.82, 2.24) is 0 Å². The quantitative estimate of drug-likeness (QED) is 0.208. The number of methoxy groups -OCH3 is 2. The summed E-state index contributed by atoms with van der Waals surface area (Å²) in [5.41, 5.74) is -0.836. The fraction of sp³-hybridized carbons (Fsp3) is 0.826. The average molecular weight is 442 g/mol. The number of carboxylic acid groups (broad SMARTS) is 1. The van der Waals surface area contributed by atoms with Gasteiger partial charge in [0.1, 0.15) is 25.1 Å². The van der Waals surface area contributed by atoms with Crippen LogP contribution >= 0.6 is 0 Å². The van der Waals surface area contributed by atoms with Gasteiger partial charge in [-0.1, -0.05) is 25.5 Å². The average Bonchev–Trinajstić information content (AvgIpc) is 3.18. The molecule has 0 bridgehead atoms. The number of hydrogen-bond donors (Lipinski definition) is 0. The molecule has 6 unspecified atom stereocenters. The van der Waals surface area contributed by atoms with E-state index in [1.165, 1.54) is 0 Å². The van der Waals surface area contributed by atoms with Gasteiger partial charge >= 0.3 is 5.97 Å². The minimum absolute atomic E-state index is 0.0120. The van der Waals surface area contributed by atoms with Crippen LogP contribution in [0.25, 0.3) is 0 Å². The molecule has 0 aromatic carbocycles. The van der Waals surface area contributed by atoms with Gasteiger partial charge in [0.15, 0.2) is 0 Å². The first-order chi connectivity index (χ1) is 14.7. The molecule has 0 aromatic heterocycles. The van der Waals surface area contributed by atoms with Gasteiger partial charge in [-0.3, -0.25) is 4.79 Å². The van der Waals surface area contributed by atoms with Gasteiger partial charge in [-0.25, -0.2) is 0 Å². The molecule has 31 heavy (non-hydrogen) atoms. The summed E-state index contributed by atoms with van der Waals surface area (Å²) < 4.78 is 27.2. The molecule has 6 atom stereocenters. The third-order valence-electron chi connectivity index (χ3n) is 7.45. The van der Waals surface area contributed by atoms with Gasteiger partial charge in [0.05, 0.1) is 18.7 Å². The van der Waals surface area contributed by atoms with Crippen LogP contribution in [-0.2, 0) is 33.3 Å². The molecule has 8 heteroatoms. The van der Waals surface area contributed by atoms with Crippen molar-refractivity contribution >= 4 is 11.9 Å². The number of ether oxygens (including phenoxy) is 5. The van der Waals surface area contributed by atoms with Crippen LogP contribution in [0.5, 0.6) is 0 Å². The number of carbonyl (C=O) groups excluding carboxylic acids is 2. The molecule has 0 aliphatic heterocycles. The van der Waals surface area contributed by atoms with E-state index in [9.17, 15) is 14.7 Å². The SMILES string of the molecule is CCOC(=O)C(CC)(C(=O)[O-])C1CCC2(C1)C(C)=CC(OCOC)C(OCOC)C2C. The molecule has 1 saturated carbocycles. The van der Waals surface area contributed by atoms with Gasteiger partial charge in [0.2, 0.25) is 0 Å². The molecule has 0 aromatic rings. The van der Waals surface area contributed by atoms with E-state index >= 15 is 0 Å². The largest absolute Gasteiger partial charge is 0.549 e. The van der Waals surface area contributed by atoms with Crippen molar-refractivity contribution in [3.05, 3.63) is 11.6 Å². The van der Waals surface area contributed by atoms with E-state index in [4.69, 9.17) is 23.7 Å². The topological polar surface area (TPSA) is 103 Å². The van der Waals surface area contributed by atoms with Gasteiger partial charge in [-0.05, 0) is 56.8 Å². The van der Waals surface area contributed by atoms with E-state index in [1.54, 1.807) is 28.1 Å². The third-order valence-corrected chi connectivity index (χ3v) is 7.45. The summed E-state index contributed by atoms with van der Waals surface area (Å²) in [6, 6.07) is 0. The molecule has 1 fully saturated rings. The molecule has 0 N–H and O–H groups in total. The number of carbonyl (C=O) groups is 2. The zero-order valence-corrected chi connectivity index (χ0v) is 19.6. The molecule has 0 radical (unpaired) electrons. The molecule has 1 spiro atoms. The van der Waals surface area contributed by atoms with E-state index in [0.717, 1.165) is 12.0 Å². The predicted octanol–water partition coefficient (Wildman–Crippen LogP) is 2.06. The van der Waals surface area contributed by atoms with E-state index < -0.39 is 17.4 Å². The smallest absolute Gasteiger partial charge is 0.318 e. The number of carboxylic acids is 1. The Labute approximate surface area is 185 Å². The second-order valence-corrected chi connectivity index (χ2v) is 8.64. The number of esters is 1. The summed E-state index contributed by atoms with van der Waals surface area (Å²) in [5.74, 6) is -2.42. The van der Waals surface area contributed by atoms with Crippen LogP contribution in [0.15, 0.2) is 11.6 Å². The second kappa shape index (κ2) is 10.9. The fourth-order valence-corrected chi connectivity index (χ4v) is 5.66. The highest BCUT2D eigenvalue weighted by molar-refractivity contribution is 5.98. The predicted molar refractivity (Wildman–Crippen MR) is 111 cm³/mol. The molecule has 0 saturated heterocycles. The van der Waals surface area contributed by atoms with E-state index in [1.807, 2.05) is 13.0 Å². The van der Waals surface area contributed by atoms with Crippen molar-refractivity contribution in [2.45, 2.75) is 65.6 Å². The maximum Gasteiger partial charge on any atom is 0.318 e.